The van der Waals surface area contributed by atoms with Crippen molar-refractivity contribution in [3.63, 3.8) is 0 Å². The van der Waals surface area contributed by atoms with Crippen LogP contribution in [-0.4, -0.2) is 17.0 Å². The molecule has 0 saturated carbocycles. The van der Waals surface area contributed by atoms with Crippen molar-refractivity contribution in [3.05, 3.63) is 70.2 Å². The fourth-order valence-electron chi connectivity index (χ4n) is 2.43. The molecule has 0 aliphatic carbocycles. The van der Waals surface area contributed by atoms with Crippen molar-refractivity contribution in [2.45, 2.75) is 43.6 Å². The normalized spacial score (nSPS) is 12.6. The minimum Gasteiger partial charge on any atom is -0.549 e. The molecule has 0 spiro atoms. The number of Topliss-reactive ketones (excluding diaryl/α,β-unsaturated/α-hetero) is 1. The minimum atomic E-state index is -1.22. The van der Waals surface area contributed by atoms with E-state index in [1.165, 1.54) is 11.8 Å². The molecule has 0 saturated heterocycles. The number of carboxylic acid groups (broad SMARTS) is 1. The van der Waals surface area contributed by atoms with Gasteiger partial charge < -0.3 is 9.90 Å². The van der Waals surface area contributed by atoms with Crippen molar-refractivity contribution in [1.29, 1.82) is 0 Å². The van der Waals surface area contributed by atoms with Gasteiger partial charge in [0.1, 0.15) is 0 Å². The van der Waals surface area contributed by atoms with Gasteiger partial charge in [-0.2, -0.15) is 0 Å². The van der Waals surface area contributed by atoms with E-state index in [4.69, 9.17) is 11.6 Å². The highest BCUT2D eigenvalue weighted by Crippen LogP contribution is 2.25. The van der Waals surface area contributed by atoms with Crippen LogP contribution in [0, 0.1) is 0 Å². The average molecular weight is 390 g/mol. The van der Waals surface area contributed by atoms with Crippen LogP contribution in [0.1, 0.15) is 48.7 Å². The molecular weight excluding hydrogens is 368 g/mol. The largest absolute Gasteiger partial charge is 0.549 e. The van der Waals surface area contributed by atoms with Crippen molar-refractivity contribution in [2.24, 2.45) is 0 Å². The number of aliphatic carboxylic acids is 1. The maximum absolute atomic E-state index is 12.5. The lowest BCUT2D eigenvalue weighted by atomic mass is 9.86. The first-order valence-corrected chi connectivity index (χ1v) is 9.80. The van der Waals surface area contributed by atoms with Gasteiger partial charge in [-0.1, -0.05) is 68.8 Å². The SMILES string of the molecule is CC(C)(C)c1ccc(C(=O)C[C@H](SCc2ccc(Cl)cc2)C(=O)[O-])cc1. The molecule has 0 unspecified atom stereocenters. The Bertz CT molecular complexity index is 761. The van der Waals surface area contributed by atoms with E-state index in [2.05, 4.69) is 20.8 Å². The monoisotopic (exact) mass is 389 g/mol. The maximum atomic E-state index is 12.5. The molecule has 138 valence electrons. The number of benzene rings is 2. The Labute approximate surface area is 163 Å². The predicted molar refractivity (Wildman–Crippen MR) is 106 cm³/mol. The Balaban J connectivity index is 2.01. The Morgan fingerprint density at radius 3 is 2.12 bits per heavy atom. The average Bonchev–Trinajstić information content (AvgIpc) is 2.59. The number of ketones is 1. The summed E-state index contributed by atoms with van der Waals surface area (Å²) < 4.78 is 0. The van der Waals surface area contributed by atoms with Crippen LogP contribution in [0.3, 0.4) is 0 Å². The lowest BCUT2D eigenvalue weighted by molar-refractivity contribution is -0.304. The molecule has 0 aromatic heterocycles. The van der Waals surface area contributed by atoms with Gasteiger partial charge in [0, 0.05) is 22.8 Å². The first kappa shape index (κ1) is 20.5. The Kier molecular flexibility index (Phi) is 6.90. The lowest BCUT2D eigenvalue weighted by Crippen LogP contribution is -2.35. The Morgan fingerprint density at radius 2 is 1.62 bits per heavy atom. The molecule has 5 heteroatoms. The molecule has 2 rings (SSSR count). The van der Waals surface area contributed by atoms with Gasteiger partial charge in [0.15, 0.2) is 5.78 Å². The van der Waals surface area contributed by atoms with Crippen molar-refractivity contribution < 1.29 is 14.7 Å². The highest BCUT2D eigenvalue weighted by Gasteiger charge is 2.19. The molecule has 0 N–H and O–H groups in total. The number of thioether (sulfide) groups is 1. The van der Waals surface area contributed by atoms with Crippen LogP contribution in [0.5, 0.6) is 0 Å². The molecule has 0 fully saturated rings. The molecule has 2 aromatic carbocycles. The van der Waals surface area contributed by atoms with Gasteiger partial charge in [-0.15, -0.1) is 11.8 Å². The summed E-state index contributed by atoms with van der Waals surface area (Å²) in [5.74, 6) is -0.932. The van der Waals surface area contributed by atoms with Crippen LogP contribution >= 0.6 is 23.4 Å². The number of carbonyl (C=O) groups is 2. The summed E-state index contributed by atoms with van der Waals surface area (Å²) in [5.41, 5.74) is 2.61. The highest BCUT2D eigenvalue weighted by atomic mass is 35.5. The van der Waals surface area contributed by atoms with E-state index in [-0.39, 0.29) is 17.6 Å². The summed E-state index contributed by atoms with van der Waals surface area (Å²) >= 11 is 7.04. The lowest BCUT2D eigenvalue weighted by Gasteiger charge is -2.20. The predicted octanol–water partition coefficient (Wildman–Crippen LogP) is 4.26. The van der Waals surface area contributed by atoms with E-state index >= 15 is 0 Å². The van der Waals surface area contributed by atoms with E-state index in [0.717, 1.165) is 11.1 Å². The fraction of sp³-hybridized carbons (Fsp3) is 0.333. The second kappa shape index (κ2) is 8.74. The van der Waals surface area contributed by atoms with E-state index in [9.17, 15) is 14.7 Å². The zero-order chi connectivity index (χ0) is 19.3. The molecule has 2 aromatic rings. The van der Waals surface area contributed by atoms with Gasteiger partial charge in [-0.25, -0.2) is 0 Å². The summed E-state index contributed by atoms with van der Waals surface area (Å²) in [4.78, 5) is 23.9. The number of hydrogen-bond donors (Lipinski definition) is 0. The first-order chi connectivity index (χ1) is 12.2. The van der Waals surface area contributed by atoms with Crippen molar-refractivity contribution in [2.75, 3.05) is 0 Å². The maximum Gasteiger partial charge on any atom is 0.164 e. The Morgan fingerprint density at radius 1 is 1.04 bits per heavy atom. The van der Waals surface area contributed by atoms with Crippen LogP contribution in [-0.2, 0) is 16.0 Å². The summed E-state index contributed by atoms with van der Waals surface area (Å²) in [6.07, 6.45) is -0.0878. The molecule has 0 bridgehead atoms. The van der Waals surface area contributed by atoms with E-state index < -0.39 is 11.2 Å². The molecule has 0 radical (unpaired) electrons. The number of hydrogen-bond acceptors (Lipinski definition) is 4. The smallest absolute Gasteiger partial charge is 0.164 e. The van der Waals surface area contributed by atoms with E-state index in [1.807, 2.05) is 24.3 Å². The van der Waals surface area contributed by atoms with Crippen LogP contribution in [0.15, 0.2) is 48.5 Å². The fourth-order valence-corrected chi connectivity index (χ4v) is 3.55. The van der Waals surface area contributed by atoms with E-state index in [1.54, 1.807) is 24.3 Å². The van der Waals surface area contributed by atoms with Gasteiger partial charge in [0.05, 0.1) is 11.2 Å². The van der Waals surface area contributed by atoms with Gasteiger partial charge in [-0.05, 0) is 28.7 Å². The second-order valence-electron chi connectivity index (χ2n) is 7.20. The van der Waals surface area contributed by atoms with Gasteiger partial charge in [0.25, 0.3) is 0 Å². The topological polar surface area (TPSA) is 57.2 Å². The van der Waals surface area contributed by atoms with Crippen molar-refractivity contribution in [1.82, 2.24) is 0 Å². The summed E-state index contributed by atoms with van der Waals surface area (Å²) in [6, 6.07) is 14.6. The zero-order valence-electron chi connectivity index (χ0n) is 15.1. The molecule has 0 aliphatic heterocycles. The number of carboxylic acids is 1. The molecule has 0 aliphatic rings. The summed E-state index contributed by atoms with van der Waals surface area (Å²) in [6.45, 7) is 6.30. The zero-order valence-corrected chi connectivity index (χ0v) is 16.7. The van der Waals surface area contributed by atoms with Gasteiger partial charge >= 0.3 is 0 Å². The number of halogens is 1. The standard InChI is InChI=1S/C21H23ClO3S/c1-21(2,3)16-8-6-15(7-9-16)18(23)12-19(20(24)25)26-13-14-4-10-17(22)11-5-14/h4-11,19H,12-13H2,1-3H3,(H,24,25)/p-1/t19-/m0/s1. The van der Waals surface area contributed by atoms with Crippen LogP contribution in [0.2, 0.25) is 5.02 Å². The molecular formula is C21H22ClO3S-. The summed E-state index contributed by atoms with van der Waals surface area (Å²) in [7, 11) is 0. The van der Waals surface area contributed by atoms with Crippen molar-refractivity contribution in [3.8, 4) is 0 Å². The highest BCUT2D eigenvalue weighted by molar-refractivity contribution is 7.99. The summed E-state index contributed by atoms with van der Waals surface area (Å²) in [5, 5.41) is 11.2. The molecule has 0 heterocycles. The number of carbonyl (C=O) groups excluding carboxylic acids is 2. The molecule has 0 amide bonds. The van der Waals surface area contributed by atoms with Crippen LogP contribution < -0.4 is 5.11 Å². The quantitative estimate of drug-likeness (QED) is 0.664. The van der Waals surface area contributed by atoms with Gasteiger partial charge in [-0.3, -0.25) is 4.79 Å². The first-order valence-electron chi connectivity index (χ1n) is 8.37. The minimum absolute atomic E-state index is 0.00350. The Hall–Kier alpha value is -1.78. The second-order valence-corrected chi connectivity index (χ2v) is 8.83. The van der Waals surface area contributed by atoms with Crippen LogP contribution in [0.4, 0.5) is 0 Å². The molecule has 1 atom stereocenters. The number of rotatable bonds is 7. The molecule has 3 nitrogen and oxygen atoms in total. The third-order valence-electron chi connectivity index (χ3n) is 4.07. The van der Waals surface area contributed by atoms with Crippen molar-refractivity contribution >= 4 is 35.1 Å². The third kappa shape index (κ3) is 5.89. The van der Waals surface area contributed by atoms with E-state index in [0.29, 0.717) is 16.3 Å². The van der Waals surface area contributed by atoms with Crippen LogP contribution in [0.25, 0.3) is 0 Å². The molecule has 26 heavy (non-hydrogen) atoms. The third-order valence-corrected chi connectivity index (χ3v) is 5.58. The van der Waals surface area contributed by atoms with Gasteiger partial charge in [0.2, 0.25) is 0 Å².